The van der Waals surface area contributed by atoms with E-state index in [2.05, 4.69) is 15.3 Å². The summed E-state index contributed by atoms with van der Waals surface area (Å²) in [5.41, 5.74) is 8.96. The molecule has 0 atom stereocenters. The maximum absolute atomic E-state index is 13.5. The molecule has 0 bridgehead atoms. The van der Waals surface area contributed by atoms with Gasteiger partial charge in [-0.25, -0.2) is 14.6 Å². The summed E-state index contributed by atoms with van der Waals surface area (Å²) < 4.78 is 27.0. The minimum Gasteiger partial charge on any atom is -0.503 e. The molecule has 0 radical (unpaired) electrons. The van der Waals surface area contributed by atoms with Crippen molar-refractivity contribution in [2.75, 3.05) is 6.54 Å². The Morgan fingerprint density at radius 2 is 1.71 bits per heavy atom. The summed E-state index contributed by atoms with van der Waals surface area (Å²) in [7, 11) is 0. The average molecular weight is 469 g/mol. The van der Waals surface area contributed by atoms with Crippen molar-refractivity contribution in [1.82, 2.24) is 20.3 Å². The van der Waals surface area contributed by atoms with Crippen LogP contribution in [0.1, 0.15) is 41.6 Å². The predicted octanol–water partition coefficient (Wildman–Crippen LogP) is 3.04. The Morgan fingerprint density at radius 3 is 2.38 bits per heavy atom. The van der Waals surface area contributed by atoms with Crippen molar-refractivity contribution in [3.8, 4) is 5.75 Å². The number of nitrogens with one attached hydrogen (secondary N) is 1. The highest BCUT2D eigenvalue weighted by Gasteiger charge is 2.24. The first-order valence-corrected chi connectivity index (χ1v) is 11.0. The largest absolute Gasteiger partial charge is 0.503 e. The summed E-state index contributed by atoms with van der Waals surface area (Å²) in [5.74, 6) is 2.48. The van der Waals surface area contributed by atoms with E-state index >= 15 is 0 Å². The van der Waals surface area contributed by atoms with Gasteiger partial charge >= 0.3 is 0 Å². The van der Waals surface area contributed by atoms with Crippen LogP contribution in [0.4, 0.5) is 8.78 Å². The van der Waals surface area contributed by atoms with Gasteiger partial charge in [-0.1, -0.05) is 6.07 Å². The van der Waals surface area contributed by atoms with E-state index in [1.807, 2.05) is 18.2 Å². The monoisotopic (exact) mass is 468 g/mol. The normalized spacial score (nSPS) is 18.6. The van der Waals surface area contributed by atoms with Gasteiger partial charge in [0.1, 0.15) is 0 Å². The van der Waals surface area contributed by atoms with Crippen molar-refractivity contribution in [3.05, 3.63) is 71.7 Å². The fourth-order valence-corrected chi connectivity index (χ4v) is 4.17. The molecule has 34 heavy (non-hydrogen) atoms. The van der Waals surface area contributed by atoms with E-state index in [-0.39, 0.29) is 17.5 Å². The number of halogens is 2. The van der Waals surface area contributed by atoms with E-state index in [0.717, 1.165) is 54.4 Å². The quantitative estimate of drug-likeness (QED) is 0.323. The lowest BCUT2D eigenvalue weighted by Gasteiger charge is -2.33. The smallest absolute Gasteiger partial charge is 0.251 e. The van der Waals surface area contributed by atoms with Crippen LogP contribution in [0.5, 0.6) is 5.75 Å². The zero-order valence-corrected chi connectivity index (χ0v) is 18.4. The van der Waals surface area contributed by atoms with Gasteiger partial charge in [-0.3, -0.25) is 14.8 Å². The molecule has 1 amide bonds. The van der Waals surface area contributed by atoms with Crippen LogP contribution in [0.2, 0.25) is 0 Å². The molecule has 1 heterocycles. The number of rotatable bonds is 6. The molecule has 8 nitrogen and oxygen atoms in total. The van der Waals surface area contributed by atoms with Crippen molar-refractivity contribution in [2.45, 2.75) is 31.7 Å². The van der Waals surface area contributed by atoms with Crippen molar-refractivity contribution < 1.29 is 18.7 Å². The third-order valence-electron chi connectivity index (χ3n) is 6.16. The first kappa shape index (κ1) is 23.4. The van der Waals surface area contributed by atoms with E-state index < -0.39 is 23.3 Å². The number of hydrazine groups is 1. The zero-order valence-electron chi connectivity index (χ0n) is 18.4. The van der Waals surface area contributed by atoms with E-state index in [4.69, 9.17) is 16.7 Å². The Hall–Kier alpha value is -3.79. The number of carbonyl (C=O) groups is 1. The Bertz CT molecular complexity index is 1200. The van der Waals surface area contributed by atoms with Crippen molar-refractivity contribution in [2.24, 2.45) is 17.5 Å². The number of nitrogens with two attached hydrogens (primary N) is 2. The number of phenols is 1. The van der Waals surface area contributed by atoms with Gasteiger partial charge in [-0.2, -0.15) is 0 Å². The molecule has 1 fully saturated rings. The molecule has 0 unspecified atom stereocenters. The van der Waals surface area contributed by atoms with Gasteiger partial charge in [0.05, 0.1) is 16.7 Å². The van der Waals surface area contributed by atoms with Gasteiger partial charge in [-0.05, 0) is 55.9 Å². The molecular weight excluding hydrogens is 442 g/mol. The lowest BCUT2D eigenvalue weighted by molar-refractivity contribution is 0.0937. The SMILES string of the molecule is N/C(=C\N(N)C1CCC(CNC(=O)c2cc(F)c(O)c(F)c2)CC1)c1ccc2nccnc2c1. The highest BCUT2D eigenvalue weighted by atomic mass is 19.1. The van der Waals surface area contributed by atoms with Crippen LogP contribution in [0.3, 0.4) is 0 Å². The number of fused-ring (bicyclic) bond motifs is 1. The maximum Gasteiger partial charge on any atom is 0.251 e. The van der Waals surface area contributed by atoms with Gasteiger partial charge in [0, 0.05) is 42.3 Å². The summed E-state index contributed by atoms with van der Waals surface area (Å²) in [6.07, 6.45) is 8.27. The molecule has 10 heteroatoms. The van der Waals surface area contributed by atoms with E-state index in [9.17, 15) is 13.6 Å². The Kier molecular flexibility index (Phi) is 6.87. The van der Waals surface area contributed by atoms with Crippen LogP contribution < -0.4 is 16.9 Å². The number of amides is 1. The standard InChI is InChI=1S/C24H26F2N6O2/c25-18-9-16(10-19(26)23(18)33)24(34)31-12-14-1-4-17(5-2-14)32(28)13-20(27)15-3-6-21-22(11-15)30-8-7-29-21/h3,6-11,13-14,17,33H,1-2,4-5,12,27-28H2,(H,31,34)/b20-13-. The highest BCUT2D eigenvalue weighted by molar-refractivity contribution is 5.94. The molecule has 1 aliphatic rings. The minimum atomic E-state index is -1.17. The van der Waals surface area contributed by atoms with Crippen LogP contribution in [0.15, 0.2) is 48.9 Å². The number of carbonyl (C=O) groups excluding carboxylic acids is 1. The van der Waals surface area contributed by atoms with Crippen LogP contribution in [-0.2, 0) is 0 Å². The molecule has 1 saturated carbocycles. The number of aromatic hydroxyl groups is 1. The number of phenolic OH excluding ortho intramolecular Hbond substituents is 1. The second-order valence-corrected chi connectivity index (χ2v) is 8.46. The Balaban J connectivity index is 1.29. The van der Waals surface area contributed by atoms with Crippen LogP contribution in [-0.4, -0.2) is 38.6 Å². The van der Waals surface area contributed by atoms with Gasteiger partial charge < -0.3 is 21.2 Å². The van der Waals surface area contributed by atoms with Crippen molar-refractivity contribution >= 4 is 22.6 Å². The molecule has 2 aromatic carbocycles. The Morgan fingerprint density at radius 1 is 1.06 bits per heavy atom. The summed E-state index contributed by atoms with van der Waals surface area (Å²) in [4.78, 5) is 20.8. The lowest BCUT2D eigenvalue weighted by Crippen LogP contribution is -2.41. The molecular formula is C24H26F2N6O2. The lowest BCUT2D eigenvalue weighted by atomic mass is 9.85. The summed E-state index contributed by atoms with van der Waals surface area (Å²) >= 11 is 0. The number of aromatic nitrogens is 2. The van der Waals surface area contributed by atoms with Gasteiger partial charge in [-0.15, -0.1) is 0 Å². The highest BCUT2D eigenvalue weighted by Crippen LogP contribution is 2.27. The van der Waals surface area contributed by atoms with Gasteiger partial charge in [0.25, 0.3) is 5.91 Å². The topological polar surface area (TPSA) is 130 Å². The van der Waals surface area contributed by atoms with E-state index in [0.29, 0.717) is 12.2 Å². The van der Waals surface area contributed by atoms with Crippen molar-refractivity contribution in [3.63, 3.8) is 0 Å². The molecule has 1 aliphatic carbocycles. The average Bonchev–Trinajstić information content (AvgIpc) is 2.85. The predicted molar refractivity (Wildman–Crippen MR) is 124 cm³/mol. The fraction of sp³-hybridized carbons (Fsp3) is 0.292. The molecule has 1 aromatic heterocycles. The molecule has 3 aromatic rings. The summed E-state index contributed by atoms with van der Waals surface area (Å²) in [6.45, 7) is 0.385. The Labute approximate surface area is 195 Å². The van der Waals surface area contributed by atoms with Gasteiger partial charge in [0.15, 0.2) is 17.4 Å². The second kappa shape index (κ2) is 10.0. The van der Waals surface area contributed by atoms with Gasteiger partial charge in [0.2, 0.25) is 0 Å². The number of hydrogen-bond donors (Lipinski definition) is 4. The first-order valence-electron chi connectivity index (χ1n) is 11.0. The van der Waals surface area contributed by atoms with E-state index in [1.54, 1.807) is 23.6 Å². The summed E-state index contributed by atoms with van der Waals surface area (Å²) in [5, 5.41) is 13.5. The minimum absolute atomic E-state index is 0.103. The number of benzene rings is 2. The molecule has 178 valence electrons. The number of hydrogen-bond acceptors (Lipinski definition) is 7. The van der Waals surface area contributed by atoms with E-state index in [1.165, 1.54) is 0 Å². The molecule has 0 saturated heterocycles. The van der Waals surface area contributed by atoms with Crippen LogP contribution in [0.25, 0.3) is 16.7 Å². The fourth-order valence-electron chi connectivity index (χ4n) is 4.17. The third kappa shape index (κ3) is 5.23. The molecule has 6 N–H and O–H groups in total. The first-order chi connectivity index (χ1) is 16.3. The summed E-state index contributed by atoms with van der Waals surface area (Å²) in [6, 6.07) is 7.34. The second-order valence-electron chi connectivity index (χ2n) is 8.46. The zero-order chi connectivity index (χ0) is 24.2. The molecule has 0 spiro atoms. The maximum atomic E-state index is 13.5. The van der Waals surface area contributed by atoms with Crippen molar-refractivity contribution in [1.29, 1.82) is 0 Å². The van der Waals surface area contributed by atoms with Crippen LogP contribution in [0, 0.1) is 17.6 Å². The third-order valence-corrected chi connectivity index (χ3v) is 6.16. The molecule has 0 aliphatic heterocycles. The van der Waals surface area contributed by atoms with Crippen LogP contribution >= 0.6 is 0 Å². The number of nitrogens with zero attached hydrogens (tertiary/aromatic N) is 3. The molecule has 4 rings (SSSR count).